The third-order valence-electron chi connectivity index (χ3n) is 3.75. The van der Waals surface area contributed by atoms with Crippen LogP contribution in [-0.4, -0.2) is 21.5 Å². The molecule has 0 aliphatic rings. The van der Waals surface area contributed by atoms with Gasteiger partial charge < -0.3 is 4.74 Å². The maximum atomic E-state index is 13.1. The summed E-state index contributed by atoms with van der Waals surface area (Å²) in [4.78, 5) is 12.1. The standard InChI is InChI=1S/C18H13ClFNO4S/c1-25-18(22)16-14-5-3-2-4-11(14)10-15(19)17(16)21-26(23,24)13-8-6-12(20)7-9-13/h2-10,21H,1H3. The summed E-state index contributed by atoms with van der Waals surface area (Å²) in [5, 5.41) is 1.18. The average molecular weight is 394 g/mol. The molecule has 0 radical (unpaired) electrons. The number of anilines is 1. The highest BCUT2D eigenvalue weighted by Gasteiger charge is 2.24. The van der Waals surface area contributed by atoms with Crippen LogP contribution in [-0.2, 0) is 14.8 Å². The molecule has 0 unspecified atom stereocenters. The molecule has 0 bridgehead atoms. The predicted molar refractivity (Wildman–Crippen MR) is 97.5 cm³/mol. The van der Waals surface area contributed by atoms with Gasteiger partial charge in [0.15, 0.2) is 0 Å². The van der Waals surface area contributed by atoms with Gasteiger partial charge >= 0.3 is 5.97 Å². The van der Waals surface area contributed by atoms with Crippen molar-refractivity contribution in [2.24, 2.45) is 0 Å². The Morgan fingerprint density at radius 1 is 1.12 bits per heavy atom. The number of methoxy groups -OCH3 is 1. The molecular weight excluding hydrogens is 381 g/mol. The quantitative estimate of drug-likeness (QED) is 0.673. The zero-order valence-corrected chi connectivity index (χ0v) is 15.1. The molecule has 0 atom stereocenters. The van der Waals surface area contributed by atoms with Gasteiger partial charge in [0.1, 0.15) is 5.82 Å². The molecule has 0 spiro atoms. The summed E-state index contributed by atoms with van der Waals surface area (Å²) in [7, 11) is -2.90. The number of benzene rings is 3. The molecule has 0 amide bonds. The van der Waals surface area contributed by atoms with Crippen molar-refractivity contribution in [1.82, 2.24) is 0 Å². The van der Waals surface area contributed by atoms with Crippen molar-refractivity contribution in [2.45, 2.75) is 4.90 Å². The fourth-order valence-electron chi connectivity index (χ4n) is 2.53. The van der Waals surface area contributed by atoms with Crippen molar-refractivity contribution in [1.29, 1.82) is 0 Å². The van der Waals surface area contributed by atoms with Gasteiger partial charge in [0.2, 0.25) is 0 Å². The first kappa shape index (κ1) is 18.2. The van der Waals surface area contributed by atoms with E-state index in [9.17, 15) is 17.6 Å². The largest absolute Gasteiger partial charge is 0.465 e. The van der Waals surface area contributed by atoms with Crippen molar-refractivity contribution in [3.63, 3.8) is 0 Å². The second kappa shape index (κ2) is 6.93. The van der Waals surface area contributed by atoms with Gasteiger partial charge in [-0.25, -0.2) is 17.6 Å². The maximum absolute atomic E-state index is 13.1. The van der Waals surface area contributed by atoms with E-state index in [2.05, 4.69) is 4.72 Å². The number of halogens is 2. The normalized spacial score (nSPS) is 11.3. The van der Waals surface area contributed by atoms with Crippen LogP contribution in [0.3, 0.4) is 0 Å². The topological polar surface area (TPSA) is 72.5 Å². The Morgan fingerprint density at radius 2 is 1.77 bits per heavy atom. The molecule has 0 fully saturated rings. The lowest BCUT2D eigenvalue weighted by Gasteiger charge is -2.15. The molecule has 1 N–H and O–H groups in total. The summed E-state index contributed by atoms with van der Waals surface area (Å²) in [6.45, 7) is 0. The lowest BCUT2D eigenvalue weighted by molar-refractivity contribution is 0.0604. The molecule has 8 heteroatoms. The summed E-state index contributed by atoms with van der Waals surface area (Å²) in [5.74, 6) is -1.30. The summed E-state index contributed by atoms with van der Waals surface area (Å²) >= 11 is 6.23. The third kappa shape index (κ3) is 3.36. The fraction of sp³-hybridized carbons (Fsp3) is 0.0556. The Kier molecular flexibility index (Phi) is 4.84. The summed E-state index contributed by atoms with van der Waals surface area (Å²) in [6.07, 6.45) is 0. The molecule has 0 saturated carbocycles. The van der Waals surface area contributed by atoms with Gasteiger partial charge in [-0.1, -0.05) is 35.9 Å². The highest BCUT2D eigenvalue weighted by atomic mass is 35.5. The number of esters is 1. The van der Waals surface area contributed by atoms with E-state index in [0.717, 1.165) is 24.3 Å². The van der Waals surface area contributed by atoms with Crippen molar-refractivity contribution in [2.75, 3.05) is 11.8 Å². The lowest BCUT2D eigenvalue weighted by Crippen LogP contribution is -2.17. The Hall–Kier alpha value is -2.64. The van der Waals surface area contributed by atoms with Gasteiger partial charge in [0.05, 0.1) is 28.3 Å². The summed E-state index contributed by atoms with van der Waals surface area (Å²) in [6, 6.07) is 12.7. The first-order valence-electron chi connectivity index (χ1n) is 7.41. The van der Waals surface area contributed by atoms with Crippen molar-refractivity contribution >= 4 is 44.1 Å². The minimum absolute atomic E-state index is 0.00119. The molecule has 0 aliphatic heterocycles. The molecule has 3 aromatic rings. The van der Waals surface area contributed by atoms with E-state index >= 15 is 0 Å². The Labute approximate surface area is 154 Å². The van der Waals surface area contributed by atoms with E-state index in [0.29, 0.717) is 10.8 Å². The van der Waals surface area contributed by atoms with Gasteiger partial charge in [-0.3, -0.25) is 4.72 Å². The third-order valence-corrected chi connectivity index (χ3v) is 5.41. The molecule has 0 saturated heterocycles. The van der Waals surface area contributed by atoms with E-state index in [1.54, 1.807) is 30.3 Å². The van der Waals surface area contributed by atoms with E-state index in [-0.39, 0.29) is 21.2 Å². The number of hydrogen-bond donors (Lipinski definition) is 1. The zero-order chi connectivity index (χ0) is 18.9. The lowest BCUT2D eigenvalue weighted by atomic mass is 10.0. The Morgan fingerprint density at radius 3 is 2.42 bits per heavy atom. The van der Waals surface area contributed by atoms with Gasteiger partial charge in [0, 0.05) is 0 Å². The summed E-state index contributed by atoms with van der Waals surface area (Å²) in [5.41, 5.74) is -0.0946. The number of carbonyl (C=O) groups excluding carboxylic acids is 1. The SMILES string of the molecule is COC(=O)c1c(NS(=O)(=O)c2ccc(F)cc2)c(Cl)cc2ccccc12. The fourth-order valence-corrected chi connectivity index (χ4v) is 3.94. The van der Waals surface area contributed by atoms with Gasteiger partial charge in [-0.15, -0.1) is 0 Å². The maximum Gasteiger partial charge on any atom is 0.340 e. The highest BCUT2D eigenvalue weighted by molar-refractivity contribution is 7.92. The van der Waals surface area contributed by atoms with Crippen LogP contribution in [0, 0.1) is 5.82 Å². The molecule has 0 aromatic heterocycles. The Bertz CT molecular complexity index is 1100. The number of fused-ring (bicyclic) bond motifs is 1. The van der Waals surface area contributed by atoms with Crippen LogP contribution in [0.5, 0.6) is 0 Å². The molecule has 0 heterocycles. The molecule has 26 heavy (non-hydrogen) atoms. The minimum Gasteiger partial charge on any atom is -0.465 e. The molecule has 3 aromatic carbocycles. The van der Waals surface area contributed by atoms with E-state index < -0.39 is 21.8 Å². The smallest absolute Gasteiger partial charge is 0.340 e. The zero-order valence-electron chi connectivity index (χ0n) is 13.5. The number of hydrogen-bond acceptors (Lipinski definition) is 4. The number of sulfonamides is 1. The highest BCUT2D eigenvalue weighted by Crippen LogP contribution is 2.35. The van der Waals surface area contributed by atoms with E-state index in [1.807, 2.05) is 0 Å². The van der Waals surface area contributed by atoms with Crippen molar-refractivity contribution < 1.29 is 22.3 Å². The van der Waals surface area contributed by atoms with Crippen LogP contribution in [0.2, 0.25) is 5.02 Å². The molecule has 134 valence electrons. The second-order valence-electron chi connectivity index (χ2n) is 5.38. The van der Waals surface area contributed by atoms with Gasteiger partial charge in [0.25, 0.3) is 10.0 Å². The second-order valence-corrected chi connectivity index (χ2v) is 7.47. The number of rotatable bonds is 4. The van der Waals surface area contributed by atoms with Crippen molar-refractivity contribution in [3.05, 3.63) is 71.0 Å². The van der Waals surface area contributed by atoms with Crippen LogP contribution in [0.4, 0.5) is 10.1 Å². The monoisotopic (exact) mass is 393 g/mol. The predicted octanol–water partition coefficient (Wildman–Crippen LogP) is 4.22. The van der Waals surface area contributed by atoms with Crippen LogP contribution >= 0.6 is 11.6 Å². The van der Waals surface area contributed by atoms with E-state index in [1.165, 1.54) is 7.11 Å². The van der Waals surface area contributed by atoms with Crippen molar-refractivity contribution in [3.8, 4) is 0 Å². The van der Waals surface area contributed by atoms with Crippen LogP contribution in [0.1, 0.15) is 10.4 Å². The number of nitrogens with one attached hydrogen (secondary N) is 1. The first-order valence-corrected chi connectivity index (χ1v) is 9.27. The molecular formula is C18H13ClFNO4S. The molecule has 0 aliphatic carbocycles. The molecule has 3 rings (SSSR count). The molecule has 5 nitrogen and oxygen atoms in total. The number of carbonyl (C=O) groups is 1. The van der Waals surface area contributed by atoms with Crippen LogP contribution < -0.4 is 4.72 Å². The van der Waals surface area contributed by atoms with Crippen LogP contribution in [0.15, 0.2) is 59.5 Å². The number of ether oxygens (including phenoxy) is 1. The summed E-state index contributed by atoms with van der Waals surface area (Å²) < 4.78 is 45.4. The Balaban J connectivity index is 2.19. The van der Waals surface area contributed by atoms with Crippen LogP contribution in [0.25, 0.3) is 10.8 Å². The van der Waals surface area contributed by atoms with Gasteiger partial charge in [-0.2, -0.15) is 0 Å². The minimum atomic E-state index is -4.09. The van der Waals surface area contributed by atoms with Gasteiger partial charge in [-0.05, 0) is 41.1 Å². The first-order chi connectivity index (χ1) is 12.3. The van der Waals surface area contributed by atoms with E-state index in [4.69, 9.17) is 16.3 Å². The average Bonchev–Trinajstić information content (AvgIpc) is 2.62.